The molecule has 0 unspecified atom stereocenters. The van der Waals surface area contributed by atoms with Crippen LogP contribution in [-0.4, -0.2) is 28.9 Å². The summed E-state index contributed by atoms with van der Waals surface area (Å²) in [5.41, 5.74) is 3.43. The van der Waals surface area contributed by atoms with Crippen LogP contribution in [0.4, 0.5) is 0 Å². The second-order valence-corrected chi connectivity index (χ2v) is 6.93. The minimum atomic E-state index is 0.122. The Morgan fingerprint density at radius 1 is 1.26 bits per heavy atom. The Labute approximate surface area is 143 Å². The van der Waals surface area contributed by atoms with Crippen molar-refractivity contribution in [1.29, 1.82) is 0 Å². The Bertz CT molecular complexity index is 895. The van der Waals surface area contributed by atoms with Gasteiger partial charge in [0.1, 0.15) is 0 Å². The summed E-state index contributed by atoms with van der Waals surface area (Å²) in [6.45, 7) is 1.40. The number of para-hydroxylation sites is 1. The first-order valence-corrected chi connectivity index (χ1v) is 8.77. The standard InChI is InChI=1S/C18H15ClN2OS/c19-15-4-1-3-13-14(11-20-17(13)15)12-6-8-21(9-7-12)18(22)16-5-2-10-23-16/h1-6,10-11,20H,7-9H2. The number of nitrogens with zero attached hydrogens (tertiary/aromatic N) is 1. The fourth-order valence-electron chi connectivity index (χ4n) is 3.04. The first-order chi connectivity index (χ1) is 11.2. The molecule has 1 aromatic carbocycles. The van der Waals surface area contributed by atoms with Gasteiger partial charge in [-0.15, -0.1) is 11.3 Å². The third-order valence-electron chi connectivity index (χ3n) is 4.24. The van der Waals surface area contributed by atoms with Crippen LogP contribution in [0.5, 0.6) is 0 Å². The van der Waals surface area contributed by atoms with Gasteiger partial charge in [0.05, 0.1) is 15.4 Å². The van der Waals surface area contributed by atoms with Crippen molar-refractivity contribution in [2.75, 3.05) is 13.1 Å². The van der Waals surface area contributed by atoms with E-state index in [0.29, 0.717) is 6.54 Å². The predicted octanol–water partition coefficient (Wildman–Crippen LogP) is 4.81. The van der Waals surface area contributed by atoms with Crippen molar-refractivity contribution in [3.8, 4) is 0 Å². The number of aromatic nitrogens is 1. The molecular weight excluding hydrogens is 328 g/mol. The molecule has 116 valence electrons. The molecule has 3 heterocycles. The maximum Gasteiger partial charge on any atom is 0.264 e. The van der Waals surface area contributed by atoms with Crippen molar-refractivity contribution in [2.24, 2.45) is 0 Å². The van der Waals surface area contributed by atoms with Gasteiger partial charge in [0.25, 0.3) is 5.91 Å². The van der Waals surface area contributed by atoms with E-state index in [0.717, 1.165) is 33.8 Å². The normalized spacial score (nSPS) is 15.0. The molecule has 0 atom stereocenters. The molecule has 2 aromatic heterocycles. The average Bonchev–Trinajstić information content (AvgIpc) is 3.25. The lowest BCUT2D eigenvalue weighted by atomic mass is 9.99. The second kappa shape index (κ2) is 5.87. The van der Waals surface area contributed by atoms with Gasteiger partial charge in [-0.2, -0.15) is 0 Å². The van der Waals surface area contributed by atoms with Crippen LogP contribution >= 0.6 is 22.9 Å². The van der Waals surface area contributed by atoms with Crippen LogP contribution in [0.25, 0.3) is 16.5 Å². The number of aromatic amines is 1. The van der Waals surface area contributed by atoms with Gasteiger partial charge in [-0.1, -0.05) is 35.9 Å². The summed E-state index contributed by atoms with van der Waals surface area (Å²) < 4.78 is 0. The van der Waals surface area contributed by atoms with Gasteiger partial charge in [-0.3, -0.25) is 4.79 Å². The molecule has 1 aliphatic heterocycles. The third kappa shape index (κ3) is 2.58. The van der Waals surface area contributed by atoms with Crippen molar-refractivity contribution in [1.82, 2.24) is 9.88 Å². The molecule has 0 saturated carbocycles. The molecule has 1 amide bonds. The first kappa shape index (κ1) is 14.5. The van der Waals surface area contributed by atoms with E-state index in [2.05, 4.69) is 17.1 Å². The molecule has 23 heavy (non-hydrogen) atoms. The number of halogens is 1. The fourth-order valence-corrected chi connectivity index (χ4v) is 3.96. The Kier molecular flexibility index (Phi) is 3.71. The summed E-state index contributed by atoms with van der Waals surface area (Å²) in [7, 11) is 0. The van der Waals surface area contributed by atoms with Crippen LogP contribution in [0.1, 0.15) is 21.7 Å². The van der Waals surface area contributed by atoms with Gasteiger partial charge in [0.15, 0.2) is 0 Å². The monoisotopic (exact) mass is 342 g/mol. The van der Waals surface area contributed by atoms with Crippen molar-refractivity contribution in [3.63, 3.8) is 0 Å². The van der Waals surface area contributed by atoms with E-state index in [1.165, 1.54) is 22.5 Å². The van der Waals surface area contributed by atoms with Gasteiger partial charge in [-0.05, 0) is 29.5 Å². The van der Waals surface area contributed by atoms with Crippen molar-refractivity contribution in [3.05, 3.63) is 63.4 Å². The molecule has 4 rings (SSSR count). The zero-order chi connectivity index (χ0) is 15.8. The highest BCUT2D eigenvalue weighted by atomic mass is 35.5. The molecule has 0 saturated heterocycles. The molecule has 3 aromatic rings. The molecular formula is C18H15ClN2OS. The van der Waals surface area contributed by atoms with Gasteiger partial charge in [-0.25, -0.2) is 0 Å². The van der Waals surface area contributed by atoms with Crippen molar-refractivity contribution >= 4 is 45.3 Å². The first-order valence-electron chi connectivity index (χ1n) is 7.52. The molecule has 0 fully saturated rings. The van der Waals surface area contributed by atoms with E-state index >= 15 is 0 Å². The number of nitrogens with one attached hydrogen (secondary N) is 1. The van der Waals surface area contributed by atoms with Gasteiger partial charge >= 0.3 is 0 Å². The lowest BCUT2D eigenvalue weighted by Gasteiger charge is -2.26. The van der Waals surface area contributed by atoms with Crippen LogP contribution in [0, 0.1) is 0 Å². The number of thiophene rings is 1. The van der Waals surface area contributed by atoms with Crippen LogP contribution < -0.4 is 0 Å². The Balaban J connectivity index is 1.60. The van der Waals surface area contributed by atoms with Crippen LogP contribution in [0.2, 0.25) is 5.02 Å². The number of rotatable bonds is 2. The summed E-state index contributed by atoms with van der Waals surface area (Å²) in [6.07, 6.45) is 5.02. The van der Waals surface area contributed by atoms with Gasteiger partial charge in [0.2, 0.25) is 0 Å². The number of hydrogen-bond acceptors (Lipinski definition) is 2. The fraction of sp³-hybridized carbons (Fsp3) is 0.167. The Morgan fingerprint density at radius 2 is 2.17 bits per heavy atom. The van der Waals surface area contributed by atoms with Crippen LogP contribution in [0.3, 0.4) is 0 Å². The van der Waals surface area contributed by atoms with E-state index in [-0.39, 0.29) is 5.91 Å². The topological polar surface area (TPSA) is 36.1 Å². The van der Waals surface area contributed by atoms with E-state index in [4.69, 9.17) is 11.6 Å². The summed E-state index contributed by atoms with van der Waals surface area (Å²) in [4.78, 5) is 18.4. The molecule has 0 radical (unpaired) electrons. The number of carbonyl (C=O) groups excluding carboxylic acids is 1. The molecule has 0 bridgehead atoms. The third-order valence-corrected chi connectivity index (χ3v) is 5.41. The Hall–Kier alpha value is -2.04. The highest BCUT2D eigenvalue weighted by Gasteiger charge is 2.21. The van der Waals surface area contributed by atoms with Crippen molar-refractivity contribution < 1.29 is 4.79 Å². The summed E-state index contributed by atoms with van der Waals surface area (Å²) >= 11 is 7.72. The lowest BCUT2D eigenvalue weighted by Crippen LogP contribution is -2.34. The maximum absolute atomic E-state index is 12.4. The second-order valence-electron chi connectivity index (χ2n) is 5.57. The quantitative estimate of drug-likeness (QED) is 0.712. The van der Waals surface area contributed by atoms with E-state index in [1.807, 2.05) is 40.7 Å². The van der Waals surface area contributed by atoms with Gasteiger partial charge in [0, 0.05) is 30.2 Å². The minimum Gasteiger partial charge on any atom is -0.359 e. The highest BCUT2D eigenvalue weighted by molar-refractivity contribution is 7.12. The SMILES string of the molecule is O=C(c1cccs1)N1CC=C(c2c[nH]c3c(Cl)cccc23)CC1. The number of carbonyl (C=O) groups is 1. The maximum atomic E-state index is 12.4. The minimum absolute atomic E-state index is 0.122. The largest absolute Gasteiger partial charge is 0.359 e. The van der Waals surface area contributed by atoms with E-state index < -0.39 is 0 Å². The molecule has 3 nitrogen and oxygen atoms in total. The smallest absolute Gasteiger partial charge is 0.264 e. The number of fused-ring (bicyclic) bond motifs is 1. The number of H-pyrrole nitrogens is 1. The predicted molar refractivity (Wildman–Crippen MR) is 96.1 cm³/mol. The molecule has 0 spiro atoms. The molecule has 5 heteroatoms. The number of amides is 1. The number of benzene rings is 1. The summed E-state index contributed by atoms with van der Waals surface area (Å²) in [5.74, 6) is 0.122. The van der Waals surface area contributed by atoms with Gasteiger partial charge < -0.3 is 9.88 Å². The van der Waals surface area contributed by atoms with Crippen molar-refractivity contribution in [2.45, 2.75) is 6.42 Å². The summed E-state index contributed by atoms with van der Waals surface area (Å²) in [6, 6.07) is 9.74. The zero-order valence-electron chi connectivity index (χ0n) is 12.4. The number of hydrogen-bond donors (Lipinski definition) is 1. The van der Waals surface area contributed by atoms with E-state index in [9.17, 15) is 4.79 Å². The molecule has 1 aliphatic rings. The zero-order valence-corrected chi connectivity index (χ0v) is 14.0. The highest BCUT2D eigenvalue weighted by Crippen LogP contribution is 2.32. The molecule has 0 aliphatic carbocycles. The molecule has 1 N–H and O–H groups in total. The lowest BCUT2D eigenvalue weighted by molar-refractivity contribution is 0.0777. The Morgan fingerprint density at radius 3 is 2.91 bits per heavy atom. The summed E-state index contributed by atoms with van der Waals surface area (Å²) in [5, 5.41) is 3.81. The van der Waals surface area contributed by atoms with Crippen LogP contribution in [0.15, 0.2) is 48.0 Å². The average molecular weight is 343 g/mol. The van der Waals surface area contributed by atoms with E-state index in [1.54, 1.807) is 0 Å². The van der Waals surface area contributed by atoms with Crippen LogP contribution in [-0.2, 0) is 0 Å².